The number of nitrogens with one attached hydrogen (secondary N) is 1. The number of hydrogen-bond donors (Lipinski definition) is 1. The minimum atomic E-state index is -0.659. The summed E-state index contributed by atoms with van der Waals surface area (Å²) in [7, 11) is 0. The van der Waals surface area contributed by atoms with Gasteiger partial charge in [0.15, 0.2) is 0 Å². The topological polar surface area (TPSA) is 145 Å². The van der Waals surface area contributed by atoms with Gasteiger partial charge in [-0.05, 0) is 31.7 Å². The van der Waals surface area contributed by atoms with Gasteiger partial charge in [0, 0.05) is 25.6 Å². The van der Waals surface area contributed by atoms with Crippen molar-refractivity contribution in [2.24, 2.45) is 0 Å². The number of carbonyl (C=O) groups is 3. The highest BCUT2D eigenvalue weighted by molar-refractivity contribution is 7.15. The van der Waals surface area contributed by atoms with Crippen LogP contribution in [-0.4, -0.2) is 50.9 Å². The Morgan fingerprint density at radius 3 is 2.84 bits per heavy atom. The van der Waals surface area contributed by atoms with E-state index in [0.29, 0.717) is 31.0 Å². The highest BCUT2D eigenvalue weighted by atomic mass is 32.1. The van der Waals surface area contributed by atoms with Gasteiger partial charge in [0.1, 0.15) is 16.7 Å². The van der Waals surface area contributed by atoms with Crippen LogP contribution in [0.5, 0.6) is 0 Å². The fourth-order valence-electron chi connectivity index (χ4n) is 3.77. The molecule has 1 unspecified atom stereocenters. The molecule has 3 heterocycles. The lowest BCUT2D eigenvalue weighted by molar-refractivity contribution is -0.385. The van der Waals surface area contributed by atoms with Gasteiger partial charge in [0.25, 0.3) is 17.5 Å². The summed E-state index contributed by atoms with van der Waals surface area (Å²) in [6, 6.07) is 4.03. The minimum absolute atomic E-state index is 0.0401. The highest BCUT2D eigenvalue weighted by Gasteiger charge is 2.40. The molecule has 1 N–H and O–H groups in total. The van der Waals surface area contributed by atoms with E-state index >= 15 is 0 Å². The zero-order chi connectivity index (χ0) is 22.7. The number of anilines is 1. The van der Waals surface area contributed by atoms with Crippen LogP contribution >= 0.6 is 11.3 Å². The second-order valence-corrected chi connectivity index (χ2v) is 8.53. The molecule has 1 fully saturated rings. The molecule has 0 radical (unpaired) electrons. The van der Waals surface area contributed by atoms with Crippen LogP contribution in [0.25, 0.3) is 0 Å². The normalized spacial score (nSPS) is 17.6. The summed E-state index contributed by atoms with van der Waals surface area (Å²) in [6.07, 6.45) is 3.79. The van der Waals surface area contributed by atoms with E-state index in [2.05, 4.69) is 15.5 Å². The summed E-state index contributed by atoms with van der Waals surface area (Å²) in [5.74, 6) is -1.35. The molecule has 11 nitrogen and oxygen atoms in total. The van der Waals surface area contributed by atoms with Crippen molar-refractivity contribution in [2.45, 2.75) is 44.6 Å². The Morgan fingerprint density at radius 1 is 1.25 bits per heavy atom. The fourth-order valence-corrected chi connectivity index (χ4v) is 4.62. The summed E-state index contributed by atoms with van der Waals surface area (Å²) < 4.78 is 5.56. The predicted molar refractivity (Wildman–Crippen MR) is 113 cm³/mol. The Bertz CT molecular complexity index is 1060. The van der Waals surface area contributed by atoms with Crippen LogP contribution in [-0.2, 0) is 9.53 Å². The van der Waals surface area contributed by atoms with E-state index in [1.54, 1.807) is 0 Å². The molecule has 1 aromatic carbocycles. The summed E-state index contributed by atoms with van der Waals surface area (Å²) in [5, 5.41) is 23.1. The molecule has 0 bridgehead atoms. The zero-order valence-corrected chi connectivity index (χ0v) is 17.9. The minimum Gasteiger partial charge on any atom is -0.371 e. The third-order valence-electron chi connectivity index (χ3n) is 5.35. The Labute approximate surface area is 186 Å². The van der Waals surface area contributed by atoms with Crippen LogP contribution in [0.4, 0.5) is 10.8 Å². The van der Waals surface area contributed by atoms with Crippen LogP contribution in [0.3, 0.4) is 0 Å². The van der Waals surface area contributed by atoms with Gasteiger partial charge in [-0.25, -0.2) is 0 Å². The predicted octanol–water partition coefficient (Wildman–Crippen LogP) is 3.09. The first-order valence-electron chi connectivity index (χ1n) is 10.3. The third kappa shape index (κ3) is 4.50. The maximum Gasteiger partial charge on any atom is 0.282 e. The van der Waals surface area contributed by atoms with Gasteiger partial charge in [-0.3, -0.25) is 29.4 Å². The SMILES string of the molecule is O=C(CCCCCN1C(=O)c2cccc([N+](=O)[O-])c2C1=O)Nc1nnc(C2CCCO2)s1. The number of imide groups is 1. The summed E-state index contributed by atoms with van der Waals surface area (Å²) in [6.45, 7) is 0.857. The van der Waals surface area contributed by atoms with Crippen molar-refractivity contribution in [3.05, 3.63) is 44.4 Å². The van der Waals surface area contributed by atoms with E-state index in [1.807, 2.05) is 0 Å². The molecule has 2 aliphatic rings. The van der Waals surface area contributed by atoms with Crippen molar-refractivity contribution < 1.29 is 24.0 Å². The van der Waals surface area contributed by atoms with E-state index in [9.17, 15) is 24.5 Å². The van der Waals surface area contributed by atoms with Gasteiger partial charge >= 0.3 is 0 Å². The van der Waals surface area contributed by atoms with Crippen molar-refractivity contribution >= 4 is 39.9 Å². The first kappa shape index (κ1) is 22.0. The summed E-state index contributed by atoms with van der Waals surface area (Å²) in [5.41, 5.74) is -0.455. The number of amides is 3. The van der Waals surface area contributed by atoms with E-state index in [1.165, 1.54) is 29.5 Å². The molecular weight excluding hydrogens is 438 g/mol. The van der Waals surface area contributed by atoms with E-state index < -0.39 is 16.7 Å². The molecule has 2 aliphatic heterocycles. The van der Waals surface area contributed by atoms with E-state index in [-0.39, 0.29) is 41.8 Å². The number of unbranched alkanes of at least 4 members (excludes halogenated alkanes) is 2. The van der Waals surface area contributed by atoms with Crippen LogP contribution < -0.4 is 5.32 Å². The van der Waals surface area contributed by atoms with Crippen molar-refractivity contribution in [3.8, 4) is 0 Å². The van der Waals surface area contributed by atoms with E-state index in [0.717, 1.165) is 22.7 Å². The van der Waals surface area contributed by atoms with Crippen LogP contribution in [0.1, 0.15) is 70.4 Å². The lowest BCUT2D eigenvalue weighted by atomic mass is 10.1. The molecule has 0 spiro atoms. The number of nitro benzene ring substituents is 1. The molecule has 0 saturated carbocycles. The number of aromatic nitrogens is 2. The number of carbonyl (C=O) groups excluding carboxylic acids is 3. The van der Waals surface area contributed by atoms with Crippen LogP contribution in [0.15, 0.2) is 18.2 Å². The van der Waals surface area contributed by atoms with Crippen LogP contribution in [0.2, 0.25) is 0 Å². The highest BCUT2D eigenvalue weighted by Crippen LogP contribution is 2.32. The van der Waals surface area contributed by atoms with Gasteiger partial charge < -0.3 is 10.1 Å². The molecule has 1 atom stereocenters. The number of hydrogen-bond acceptors (Lipinski definition) is 9. The molecule has 12 heteroatoms. The second kappa shape index (κ2) is 9.49. The molecule has 3 amide bonds. The van der Waals surface area contributed by atoms with Crippen molar-refractivity contribution in [1.82, 2.24) is 15.1 Å². The lowest BCUT2D eigenvalue weighted by Gasteiger charge is -2.13. The van der Waals surface area contributed by atoms with Gasteiger partial charge in [0.2, 0.25) is 11.0 Å². The Kier molecular flexibility index (Phi) is 6.51. The third-order valence-corrected chi connectivity index (χ3v) is 6.28. The van der Waals surface area contributed by atoms with Gasteiger partial charge in [-0.2, -0.15) is 0 Å². The lowest BCUT2D eigenvalue weighted by Crippen LogP contribution is -2.30. The van der Waals surface area contributed by atoms with Gasteiger partial charge in [-0.15, -0.1) is 10.2 Å². The number of fused-ring (bicyclic) bond motifs is 1. The van der Waals surface area contributed by atoms with Crippen LogP contribution in [0, 0.1) is 10.1 Å². The van der Waals surface area contributed by atoms with Crippen molar-refractivity contribution in [2.75, 3.05) is 18.5 Å². The quantitative estimate of drug-likeness (QED) is 0.261. The first-order valence-corrected chi connectivity index (χ1v) is 11.2. The monoisotopic (exact) mass is 459 g/mol. The average Bonchev–Trinajstić information content (AvgIpc) is 3.50. The zero-order valence-electron chi connectivity index (χ0n) is 17.1. The van der Waals surface area contributed by atoms with Crippen molar-refractivity contribution in [1.29, 1.82) is 0 Å². The smallest absolute Gasteiger partial charge is 0.282 e. The molecular formula is C20H21N5O6S. The molecule has 2 aromatic rings. The Morgan fingerprint density at radius 2 is 2.09 bits per heavy atom. The molecule has 1 saturated heterocycles. The molecule has 32 heavy (non-hydrogen) atoms. The molecule has 1 aromatic heterocycles. The summed E-state index contributed by atoms with van der Waals surface area (Å²) >= 11 is 1.31. The summed E-state index contributed by atoms with van der Waals surface area (Å²) in [4.78, 5) is 48.6. The number of ether oxygens (including phenoxy) is 1. The van der Waals surface area contributed by atoms with Gasteiger partial charge in [-0.1, -0.05) is 23.8 Å². The number of rotatable bonds is 9. The maximum atomic E-state index is 12.5. The van der Waals surface area contributed by atoms with E-state index in [4.69, 9.17) is 4.74 Å². The van der Waals surface area contributed by atoms with Gasteiger partial charge in [0.05, 0.1) is 10.5 Å². The average molecular weight is 459 g/mol. The number of benzene rings is 1. The largest absolute Gasteiger partial charge is 0.371 e. The number of nitro groups is 1. The first-order chi connectivity index (χ1) is 15.5. The molecule has 0 aliphatic carbocycles. The Balaban J connectivity index is 1.21. The molecule has 4 rings (SSSR count). The fraction of sp³-hybridized carbons (Fsp3) is 0.450. The standard InChI is InChI=1S/C20H21N5O6S/c26-15(21-20-23-22-17(32-20)14-8-5-11-31-14)9-2-1-3-10-24-18(27)12-6-4-7-13(25(29)30)16(12)19(24)28/h4,6-7,14H,1-3,5,8-11H2,(H,21,23,26). The maximum absolute atomic E-state index is 12.5. The number of nitrogens with zero attached hydrogens (tertiary/aromatic N) is 4. The van der Waals surface area contributed by atoms with Crippen molar-refractivity contribution in [3.63, 3.8) is 0 Å². The second-order valence-electron chi connectivity index (χ2n) is 7.52. The Hall–Kier alpha value is -3.25. The molecule has 168 valence electrons.